The molecule has 0 aliphatic carbocycles. The fourth-order valence-electron chi connectivity index (χ4n) is 3.81. The fourth-order valence-corrected chi connectivity index (χ4v) is 3.81. The van der Waals surface area contributed by atoms with Crippen LogP contribution in [-0.2, 0) is 6.54 Å². The van der Waals surface area contributed by atoms with E-state index in [1.165, 1.54) is 0 Å². The van der Waals surface area contributed by atoms with E-state index in [4.69, 9.17) is 4.98 Å². The van der Waals surface area contributed by atoms with Crippen LogP contribution in [0.2, 0.25) is 0 Å². The van der Waals surface area contributed by atoms with Gasteiger partial charge >= 0.3 is 0 Å². The van der Waals surface area contributed by atoms with Crippen molar-refractivity contribution < 1.29 is 4.79 Å². The van der Waals surface area contributed by atoms with Crippen LogP contribution in [-0.4, -0.2) is 48.0 Å². The van der Waals surface area contributed by atoms with Crippen LogP contribution in [0, 0.1) is 5.92 Å². The zero-order chi connectivity index (χ0) is 21.1. The lowest BCUT2D eigenvalue weighted by Gasteiger charge is -2.30. The molecule has 156 valence electrons. The van der Waals surface area contributed by atoms with Gasteiger partial charge in [-0.2, -0.15) is 0 Å². The van der Waals surface area contributed by atoms with Crippen LogP contribution in [0.1, 0.15) is 35.7 Å². The number of carbonyl (C=O) groups excluding carboxylic acids is 1. The van der Waals surface area contributed by atoms with Gasteiger partial charge in [-0.05, 0) is 48.6 Å². The van der Waals surface area contributed by atoms with Gasteiger partial charge in [-0.1, -0.05) is 25.1 Å². The molecule has 1 amide bonds. The van der Waals surface area contributed by atoms with E-state index < -0.39 is 0 Å². The highest BCUT2D eigenvalue weighted by Crippen LogP contribution is 2.23. The zero-order valence-corrected chi connectivity index (χ0v) is 17.9. The summed E-state index contributed by atoms with van der Waals surface area (Å²) in [4.78, 5) is 25.8. The Morgan fingerprint density at radius 1 is 1.17 bits per heavy atom. The number of piperidine rings is 1. The number of amides is 1. The average molecular weight is 404 g/mol. The molecule has 1 aromatic carbocycles. The van der Waals surface area contributed by atoms with E-state index in [9.17, 15) is 4.79 Å². The molecule has 1 aliphatic rings. The van der Waals surface area contributed by atoms with Gasteiger partial charge in [0.05, 0.1) is 11.1 Å². The van der Waals surface area contributed by atoms with Gasteiger partial charge in [0.1, 0.15) is 11.6 Å². The fraction of sp³-hybridized carbons (Fsp3) is 0.375. The number of rotatable bonds is 5. The second-order valence-corrected chi connectivity index (χ2v) is 8.31. The molecule has 1 N–H and O–H groups in total. The van der Waals surface area contributed by atoms with E-state index in [0.29, 0.717) is 18.0 Å². The molecule has 30 heavy (non-hydrogen) atoms. The summed E-state index contributed by atoms with van der Waals surface area (Å²) in [6.45, 7) is 4.55. The van der Waals surface area contributed by atoms with E-state index in [0.717, 1.165) is 54.0 Å². The van der Waals surface area contributed by atoms with Crippen LogP contribution in [0.25, 0.3) is 10.9 Å². The standard InChI is InChI=1S/C24H29N5O/c1-17-10-12-29(13-11-17)24(30)18-8-9-22(25-15-18)26-16-19-14-23(28(2)3)27-21-7-5-4-6-20(19)21/h4-9,14-15,17H,10-13,16H2,1-3H3,(H,25,26). The molecular formula is C24H29N5O. The lowest BCUT2D eigenvalue weighted by Crippen LogP contribution is -2.37. The van der Waals surface area contributed by atoms with Gasteiger partial charge in [0.15, 0.2) is 0 Å². The van der Waals surface area contributed by atoms with Crippen molar-refractivity contribution in [1.29, 1.82) is 0 Å². The van der Waals surface area contributed by atoms with Crippen molar-refractivity contribution in [2.45, 2.75) is 26.3 Å². The lowest BCUT2D eigenvalue weighted by atomic mass is 9.99. The third-order valence-electron chi connectivity index (χ3n) is 5.79. The van der Waals surface area contributed by atoms with E-state index in [1.54, 1.807) is 6.20 Å². The van der Waals surface area contributed by atoms with Crippen LogP contribution in [0.4, 0.5) is 11.6 Å². The van der Waals surface area contributed by atoms with Crippen molar-refractivity contribution in [1.82, 2.24) is 14.9 Å². The number of pyridine rings is 2. The molecule has 1 saturated heterocycles. The first kappa shape index (κ1) is 20.1. The number of likely N-dealkylation sites (tertiary alicyclic amines) is 1. The number of fused-ring (bicyclic) bond motifs is 1. The minimum atomic E-state index is 0.0803. The maximum absolute atomic E-state index is 12.7. The summed E-state index contributed by atoms with van der Waals surface area (Å²) in [5.41, 5.74) is 2.79. The van der Waals surface area contributed by atoms with Gasteiger partial charge < -0.3 is 15.1 Å². The van der Waals surface area contributed by atoms with Crippen molar-refractivity contribution in [2.24, 2.45) is 5.92 Å². The number of hydrogen-bond acceptors (Lipinski definition) is 5. The Hall–Kier alpha value is -3.15. The Bertz CT molecular complexity index is 1020. The highest BCUT2D eigenvalue weighted by atomic mass is 16.2. The number of para-hydroxylation sites is 1. The Morgan fingerprint density at radius 2 is 1.93 bits per heavy atom. The lowest BCUT2D eigenvalue weighted by molar-refractivity contribution is 0.0697. The van der Waals surface area contributed by atoms with Gasteiger partial charge in [-0.25, -0.2) is 9.97 Å². The molecule has 4 rings (SSSR count). The summed E-state index contributed by atoms with van der Waals surface area (Å²) in [5.74, 6) is 2.47. The number of anilines is 2. The summed E-state index contributed by atoms with van der Waals surface area (Å²) in [6, 6.07) is 14.0. The van der Waals surface area contributed by atoms with Crippen LogP contribution < -0.4 is 10.2 Å². The van der Waals surface area contributed by atoms with Crippen LogP contribution in [0.3, 0.4) is 0 Å². The minimum Gasteiger partial charge on any atom is -0.366 e. The number of hydrogen-bond donors (Lipinski definition) is 1. The molecule has 3 heterocycles. The first-order valence-corrected chi connectivity index (χ1v) is 10.6. The smallest absolute Gasteiger partial charge is 0.255 e. The van der Waals surface area contributed by atoms with Crippen molar-refractivity contribution in [3.8, 4) is 0 Å². The second-order valence-electron chi connectivity index (χ2n) is 8.31. The third-order valence-corrected chi connectivity index (χ3v) is 5.79. The first-order valence-electron chi connectivity index (χ1n) is 10.6. The van der Waals surface area contributed by atoms with E-state index in [1.807, 2.05) is 54.2 Å². The Balaban J connectivity index is 1.46. The molecule has 3 aromatic rings. The Labute approximate surface area is 177 Å². The molecular weight excluding hydrogens is 374 g/mol. The van der Waals surface area contributed by atoms with Crippen molar-refractivity contribution >= 4 is 28.4 Å². The highest BCUT2D eigenvalue weighted by molar-refractivity contribution is 5.94. The molecule has 0 spiro atoms. The van der Waals surface area contributed by atoms with Gasteiger partial charge in [-0.3, -0.25) is 4.79 Å². The highest BCUT2D eigenvalue weighted by Gasteiger charge is 2.21. The van der Waals surface area contributed by atoms with Crippen LogP contribution in [0.5, 0.6) is 0 Å². The van der Waals surface area contributed by atoms with Crippen molar-refractivity contribution in [2.75, 3.05) is 37.4 Å². The Morgan fingerprint density at radius 3 is 2.63 bits per heavy atom. The zero-order valence-electron chi connectivity index (χ0n) is 17.9. The summed E-state index contributed by atoms with van der Waals surface area (Å²) < 4.78 is 0. The molecule has 0 atom stereocenters. The number of carbonyl (C=O) groups is 1. The summed E-state index contributed by atoms with van der Waals surface area (Å²) in [6.07, 6.45) is 3.83. The Kier molecular flexibility index (Phi) is 5.84. The summed E-state index contributed by atoms with van der Waals surface area (Å²) >= 11 is 0. The maximum atomic E-state index is 12.7. The van der Waals surface area contributed by atoms with Gasteiger partial charge in [0.2, 0.25) is 0 Å². The molecule has 0 radical (unpaired) electrons. The number of nitrogens with zero attached hydrogens (tertiary/aromatic N) is 4. The minimum absolute atomic E-state index is 0.0803. The molecule has 0 saturated carbocycles. The number of aromatic nitrogens is 2. The molecule has 2 aromatic heterocycles. The predicted molar refractivity (Wildman–Crippen MR) is 122 cm³/mol. The predicted octanol–water partition coefficient (Wildman–Crippen LogP) is 4.18. The normalized spacial score (nSPS) is 14.7. The number of benzene rings is 1. The molecule has 1 fully saturated rings. The van der Waals surface area contributed by atoms with Crippen LogP contribution in [0.15, 0.2) is 48.7 Å². The second kappa shape index (κ2) is 8.69. The van der Waals surface area contributed by atoms with Crippen molar-refractivity contribution in [3.63, 3.8) is 0 Å². The molecule has 6 nitrogen and oxygen atoms in total. The van der Waals surface area contributed by atoms with Crippen LogP contribution >= 0.6 is 0 Å². The third kappa shape index (κ3) is 4.37. The average Bonchev–Trinajstić information content (AvgIpc) is 2.77. The summed E-state index contributed by atoms with van der Waals surface area (Å²) in [7, 11) is 3.99. The SMILES string of the molecule is CC1CCN(C(=O)c2ccc(NCc3cc(N(C)C)nc4ccccc34)nc2)CC1. The van der Waals surface area contributed by atoms with Crippen molar-refractivity contribution in [3.05, 3.63) is 59.8 Å². The number of nitrogens with one attached hydrogen (secondary N) is 1. The quantitative estimate of drug-likeness (QED) is 0.692. The molecule has 0 unspecified atom stereocenters. The topological polar surface area (TPSA) is 61.4 Å². The van der Waals surface area contributed by atoms with Gasteiger partial charge in [0.25, 0.3) is 5.91 Å². The van der Waals surface area contributed by atoms with E-state index in [2.05, 4.69) is 29.4 Å². The molecule has 6 heteroatoms. The first-order chi connectivity index (χ1) is 14.5. The van der Waals surface area contributed by atoms with E-state index >= 15 is 0 Å². The molecule has 1 aliphatic heterocycles. The summed E-state index contributed by atoms with van der Waals surface area (Å²) in [5, 5.41) is 4.52. The monoisotopic (exact) mass is 403 g/mol. The van der Waals surface area contributed by atoms with E-state index in [-0.39, 0.29) is 5.91 Å². The maximum Gasteiger partial charge on any atom is 0.255 e. The van der Waals surface area contributed by atoms with Gasteiger partial charge in [0, 0.05) is 45.3 Å². The molecule has 0 bridgehead atoms. The largest absolute Gasteiger partial charge is 0.366 e. The van der Waals surface area contributed by atoms with Gasteiger partial charge in [-0.15, -0.1) is 0 Å².